The minimum absolute atomic E-state index is 0.156. The zero-order valence-electron chi connectivity index (χ0n) is 18.2. The van der Waals surface area contributed by atoms with Crippen LogP contribution in [0.1, 0.15) is 16.2 Å². The van der Waals surface area contributed by atoms with E-state index in [0.717, 1.165) is 22.0 Å². The summed E-state index contributed by atoms with van der Waals surface area (Å²) in [5.41, 5.74) is 2.63. The van der Waals surface area contributed by atoms with E-state index in [2.05, 4.69) is 15.2 Å². The van der Waals surface area contributed by atoms with E-state index in [9.17, 15) is 9.18 Å². The number of pyridine rings is 1. The predicted octanol–water partition coefficient (Wildman–Crippen LogP) is 4.96. The van der Waals surface area contributed by atoms with Gasteiger partial charge < -0.3 is 9.47 Å². The van der Waals surface area contributed by atoms with Crippen LogP contribution in [0.5, 0.6) is 0 Å². The number of aromatic nitrogens is 4. The summed E-state index contributed by atoms with van der Waals surface area (Å²) in [6.07, 6.45) is 1.72. The van der Waals surface area contributed by atoms with Crippen LogP contribution in [-0.2, 0) is 13.1 Å². The minimum Gasteiger partial charge on any atom is -0.329 e. The average molecular weight is 449 g/mol. The lowest BCUT2D eigenvalue weighted by Crippen LogP contribution is -2.38. The smallest absolute Gasteiger partial charge is 0.254 e. The zero-order valence-corrected chi connectivity index (χ0v) is 18.2. The molecule has 0 saturated heterocycles. The third kappa shape index (κ3) is 3.42. The van der Waals surface area contributed by atoms with Crippen molar-refractivity contribution >= 4 is 16.7 Å². The highest BCUT2D eigenvalue weighted by Gasteiger charge is 2.28. The van der Waals surface area contributed by atoms with Crippen molar-refractivity contribution in [2.24, 2.45) is 0 Å². The molecule has 3 heterocycles. The summed E-state index contributed by atoms with van der Waals surface area (Å²) in [6, 6.07) is 23.8. The number of benzene rings is 3. The van der Waals surface area contributed by atoms with E-state index in [1.165, 1.54) is 12.1 Å². The first-order chi connectivity index (χ1) is 16.7. The van der Waals surface area contributed by atoms with Crippen molar-refractivity contribution in [3.05, 3.63) is 102 Å². The van der Waals surface area contributed by atoms with Crippen LogP contribution in [0.2, 0.25) is 0 Å². The van der Waals surface area contributed by atoms with Gasteiger partial charge in [0.25, 0.3) is 5.91 Å². The molecule has 0 atom stereocenters. The number of amides is 1. The number of hydrogen-bond donors (Lipinski definition) is 0. The van der Waals surface area contributed by atoms with E-state index in [-0.39, 0.29) is 11.7 Å². The second-order valence-corrected chi connectivity index (χ2v) is 8.25. The Labute approximate surface area is 195 Å². The molecule has 34 heavy (non-hydrogen) atoms. The normalized spacial score (nSPS) is 13.1. The molecule has 5 aromatic rings. The topological polar surface area (TPSA) is 63.9 Å². The van der Waals surface area contributed by atoms with Crippen molar-refractivity contribution in [2.45, 2.75) is 13.1 Å². The molecule has 0 unspecified atom stereocenters. The zero-order chi connectivity index (χ0) is 23.1. The molecule has 6 nitrogen and oxygen atoms in total. The fourth-order valence-corrected chi connectivity index (χ4v) is 4.57. The molecule has 3 aromatic carbocycles. The Bertz CT molecular complexity index is 1520. The number of rotatable bonds is 3. The lowest BCUT2D eigenvalue weighted by molar-refractivity contribution is 0.0708. The largest absolute Gasteiger partial charge is 0.329 e. The first-order valence-corrected chi connectivity index (χ1v) is 11.1. The van der Waals surface area contributed by atoms with Gasteiger partial charge in [-0.25, -0.2) is 4.39 Å². The molecule has 0 aliphatic carbocycles. The van der Waals surface area contributed by atoms with E-state index in [4.69, 9.17) is 0 Å². The van der Waals surface area contributed by atoms with Gasteiger partial charge in [-0.3, -0.25) is 9.78 Å². The quantitative estimate of drug-likeness (QED) is 0.391. The Balaban J connectivity index is 1.36. The van der Waals surface area contributed by atoms with Gasteiger partial charge in [-0.1, -0.05) is 48.5 Å². The van der Waals surface area contributed by atoms with Gasteiger partial charge in [0.05, 0.1) is 6.54 Å². The minimum atomic E-state index is -0.377. The number of nitrogens with zero attached hydrogens (tertiary/aromatic N) is 5. The van der Waals surface area contributed by atoms with Crippen molar-refractivity contribution in [2.75, 3.05) is 6.54 Å². The summed E-state index contributed by atoms with van der Waals surface area (Å²) in [7, 11) is 0. The SMILES string of the molecule is O=C(c1ccc(F)cc1-c1cccc2ccccc12)N1CCn2c(nnc2-c2ccccn2)C1. The predicted molar refractivity (Wildman–Crippen MR) is 127 cm³/mol. The number of carbonyl (C=O) groups excluding carboxylic acids is 1. The molecule has 0 radical (unpaired) electrons. The number of fused-ring (bicyclic) bond motifs is 2. The van der Waals surface area contributed by atoms with Gasteiger partial charge in [0.2, 0.25) is 0 Å². The summed E-state index contributed by atoms with van der Waals surface area (Å²) in [6.45, 7) is 1.38. The molecule has 1 amide bonds. The van der Waals surface area contributed by atoms with Crippen molar-refractivity contribution in [1.29, 1.82) is 0 Å². The second-order valence-electron chi connectivity index (χ2n) is 8.25. The molecular formula is C27H20FN5O. The standard InChI is InChI=1S/C27H20FN5O/c28-19-11-12-22(23(16-19)21-9-5-7-18-6-1-2-8-20(18)21)27(34)32-14-15-33-25(17-32)30-31-26(33)24-10-3-4-13-29-24/h1-13,16H,14-15,17H2. The van der Waals surface area contributed by atoms with Crippen LogP contribution in [0.25, 0.3) is 33.4 Å². The third-order valence-electron chi connectivity index (χ3n) is 6.23. The number of hydrogen-bond acceptors (Lipinski definition) is 4. The van der Waals surface area contributed by atoms with Crippen LogP contribution in [0.3, 0.4) is 0 Å². The molecule has 0 spiro atoms. The maximum absolute atomic E-state index is 14.3. The lowest BCUT2D eigenvalue weighted by Gasteiger charge is -2.28. The van der Waals surface area contributed by atoms with Crippen LogP contribution < -0.4 is 0 Å². The summed E-state index contributed by atoms with van der Waals surface area (Å²) < 4.78 is 16.3. The molecule has 0 N–H and O–H groups in total. The first-order valence-electron chi connectivity index (χ1n) is 11.1. The fourth-order valence-electron chi connectivity index (χ4n) is 4.57. The fraction of sp³-hybridized carbons (Fsp3) is 0.111. The first kappa shape index (κ1) is 20.2. The van der Waals surface area contributed by atoms with E-state index in [1.807, 2.05) is 65.2 Å². The third-order valence-corrected chi connectivity index (χ3v) is 6.23. The highest BCUT2D eigenvalue weighted by atomic mass is 19.1. The van der Waals surface area contributed by atoms with Crippen molar-refractivity contribution in [1.82, 2.24) is 24.6 Å². The number of carbonyl (C=O) groups is 1. The van der Waals surface area contributed by atoms with Gasteiger partial charge in [0.15, 0.2) is 11.6 Å². The van der Waals surface area contributed by atoms with E-state index in [0.29, 0.717) is 42.4 Å². The van der Waals surface area contributed by atoms with Crippen molar-refractivity contribution in [3.8, 4) is 22.6 Å². The van der Waals surface area contributed by atoms with E-state index in [1.54, 1.807) is 17.2 Å². The molecular weight excluding hydrogens is 429 g/mol. The lowest BCUT2D eigenvalue weighted by atomic mass is 9.94. The van der Waals surface area contributed by atoms with E-state index >= 15 is 0 Å². The molecule has 0 bridgehead atoms. The summed E-state index contributed by atoms with van der Waals surface area (Å²) >= 11 is 0. The molecule has 0 fully saturated rings. The Morgan fingerprint density at radius 3 is 2.59 bits per heavy atom. The van der Waals surface area contributed by atoms with Crippen LogP contribution in [0.4, 0.5) is 4.39 Å². The molecule has 2 aromatic heterocycles. The molecule has 1 aliphatic rings. The molecule has 6 rings (SSSR count). The van der Waals surface area contributed by atoms with Gasteiger partial charge >= 0.3 is 0 Å². The van der Waals surface area contributed by atoms with Gasteiger partial charge in [-0.2, -0.15) is 0 Å². The Morgan fingerprint density at radius 1 is 0.853 bits per heavy atom. The molecule has 166 valence electrons. The summed E-state index contributed by atoms with van der Waals surface area (Å²) in [5, 5.41) is 10.6. The molecule has 1 aliphatic heterocycles. The Morgan fingerprint density at radius 2 is 1.71 bits per heavy atom. The highest BCUT2D eigenvalue weighted by Crippen LogP contribution is 2.33. The monoisotopic (exact) mass is 449 g/mol. The highest BCUT2D eigenvalue weighted by molar-refractivity contribution is 6.06. The van der Waals surface area contributed by atoms with Crippen LogP contribution in [-0.4, -0.2) is 37.1 Å². The number of halogens is 1. The Hall–Kier alpha value is -4.39. The molecule has 0 saturated carbocycles. The summed E-state index contributed by atoms with van der Waals surface area (Å²) in [5.74, 6) is 0.865. The maximum Gasteiger partial charge on any atom is 0.254 e. The van der Waals surface area contributed by atoms with Gasteiger partial charge in [-0.15, -0.1) is 10.2 Å². The summed E-state index contributed by atoms with van der Waals surface area (Å²) in [4.78, 5) is 19.8. The van der Waals surface area contributed by atoms with E-state index < -0.39 is 0 Å². The molecule has 7 heteroatoms. The Kier molecular flexibility index (Phi) is 4.87. The maximum atomic E-state index is 14.3. The van der Waals surface area contributed by atoms with Crippen molar-refractivity contribution < 1.29 is 9.18 Å². The van der Waals surface area contributed by atoms with Crippen LogP contribution >= 0.6 is 0 Å². The average Bonchev–Trinajstić information content (AvgIpc) is 3.32. The van der Waals surface area contributed by atoms with Crippen LogP contribution in [0, 0.1) is 5.82 Å². The second kappa shape index (κ2) is 8.19. The van der Waals surface area contributed by atoms with Gasteiger partial charge in [0, 0.05) is 24.8 Å². The van der Waals surface area contributed by atoms with Crippen LogP contribution in [0.15, 0.2) is 85.1 Å². The van der Waals surface area contributed by atoms with Gasteiger partial charge in [-0.05, 0) is 52.2 Å². The van der Waals surface area contributed by atoms with Crippen molar-refractivity contribution in [3.63, 3.8) is 0 Å². The van der Waals surface area contributed by atoms with Gasteiger partial charge in [0.1, 0.15) is 11.5 Å².